The van der Waals surface area contributed by atoms with Crippen LogP contribution in [0.25, 0.3) is 0 Å². The third-order valence-electron chi connectivity index (χ3n) is 4.26. The van der Waals surface area contributed by atoms with Gasteiger partial charge in [-0.3, -0.25) is 24.6 Å². The summed E-state index contributed by atoms with van der Waals surface area (Å²) in [6.45, 7) is 11.5. The van der Waals surface area contributed by atoms with E-state index in [1.165, 1.54) is 6.92 Å². The van der Waals surface area contributed by atoms with Gasteiger partial charge in [-0.05, 0) is 53.4 Å². The number of imide groups is 2. The van der Waals surface area contributed by atoms with Crippen molar-refractivity contribution in [2.75, 3.05) is 6.54 Å². The lowest BCUT2D eigenvalue weighted by molar-refractivity contribution is -0.156. The van der Waals surface area contributed by atoms with Gasteiger partial charge < -0.3 is 15.4 Å². The predicted molar refractivity (Wildman–Crippen MR) is 105 cm³/mol. The van der Waals surface area contributed by atoms with Crippen molar-refractivity contribution in [1.82, 2.24) is 20.9 Å². The molecule has 0 aromatic carbocycles. The minimum Gasteiger partial charge on any atom is -0.451 e. The second kappa shape index (κ2) is 9.23. The van der Waals surface area contributed by atoms with E-state index in [4.69, 9.17) is 4.74 Å². The fourth-order valence-electron chi connectivity index (χ4n) is 2.64. The molecule has 29 heavy (non-hydrogen) atoms. The molecule has 1 aliphatic rings. The molecule has 1 rings (SSSR count). The summed E-state index contributed by atoms with van der Waals surface area (Å²) in [5.74, 6) is -1.91. The van der Waals surface area contributed by atoms with E-state index in [1.807, 2.05) is 13.8 Å². The van der Waals surface area contributed by atoms with Crippen molar-refractivity contribution >= 4 is 29.8 Å². The fraction of sp³-hybridized carbons (Fsp3) is 0.737. The van der Waals surface area contributed by atoms with Crippen LogP contribution in [0.5, 0.6) is 0 Å². The predicted octanol–water partition coefficient (Wildman–Crippen LogP) is 1.29. The molecule has 10 heteroatoms. The molecule has 0 saturated carbocycles. The quantitative estimate of drug-likeness (QED) is 0.426. The highest BCUT2D eigenvalue weighted by Crippen LogP contribution is 2.24. The van der Waals surface area contributed by atoms with E-state index >= 15 is 0 Å². The molecule has 6 amide bonds. The molecule has 3 N–H and O–H groups in total. The van der Waals surface area contributed by atoms with E-state index in [1.54, 1.807) is 27.7 Å². The number of rotatable bonds is 7. The molecule has 1 heterocycles. The lowest BCUT2D eigenvalue weighted by atomic mass is 9.92. The zero-order valence-electron chi connectivity index (χ0n) is 18.2. The maximum absolute atomic E-state index is 12.6. The van der Waals surface area contributed by atoms with Crippen molar-refractivity contribution in [2.24, 2.45) is 5.92 Å². The first-order valence-electron chi connectivity index (χ1n) is 9.61. The van der Waals surface area contributed by atoms with Crippen molar-refractivity contribution in [3.05, 3.63) is 0 Å². The van der Waals surface area contributed by atoms with Gasteiger partial charge in [0.05, 0.1) is 0 Å². The van der Waals surface area contributed by atoms with Gasteiger partial charge in [0.15, 0.2) is 6.10 Å². The summed E-state index contributed by atoms with van der Waals surface area (Å²) in [7, 11) is 0. The van der Waals surface area contributed by atoms with E-state index in [9.17, 15) is 24.0 Å². The van der Waals surface area contributed by atoms with Gasteiger partial charge in [0.2, 0.25) is 0 Å². The van der Waals surface area contributed by atoms with Crippen LogP contribution in [0.1, 0.15) is 61.3 Å². The SMILES string of the molecule is CC(C)CC[C@@]1(C)NC(=O)N(CC(=O)O[C@H](C)C(=O)NC(=O)NC(C)(C)C)C1=O. The molecule has 1 saturated heterocycles. The third-order valence-corrected chi connectivity index (χ3v) is 4.26. The number of urea groups is 2. The Morgan fingerprint density at radius 1 is 1.17 bits per heavy atom. The van der Waals surface area contributed by atoms with Gasteiger partial charge in [-0.15, -0.1) is 0 Å². The summed E-state index contributed by atoms with van der Waals surface area (Å²) in [6, 6.07) is -1.40. The minimum absolute atomic E-state index is 0.352. The van der Waals surface area contributed by atoms with Gasteiger partial charge in [-0.2, -0.15) is 0 Å². The van der Waals surface area contributed by atoms with E-state index in [0.29, 0.717) is 12.3 Å². The van der Waals surface area contributed by atoms with Gasteiger partial charge >= 0.3 is 18.0 Å². The number of carbonyl (C=O) groups excluding carboxylic acids is 5. The molecule has 1 fully saturated rings. The number of ether oxygens (including phenoxy) is 1. The molecular weight excluding hydrogens is 380 g/mol. The molecule has 0 radical (unpaired) electrons. The van der Waals surface area contributed by atoms with E-state index < -0.39 is 53.6 Å². The normalized spacial score (nSPS) is 20.3. The van der Waals surface area contributed by atoms with Crippen LogP contribution in [0.3, 0.4) is 0 Å². The molecule has 0 bridgehead atoms. The summed E-state index contributed by atoms with van der Waals surface area (Å²) in [5, 5.41) is 7.22. The van der Waals surface area contributed by atoms with Gasteiger partial charge in [0.25, 0.3) is 11.8 Å². The Bertz CT molecular complexity index is 685. The number of nitrogens with one attached hydrogen (secondary N) is 3. The first-order valence-corrected chi connectivity index (χ1v) is 9.61. The Kier molecular flexibility index (Phi) is 7.76. The first kappa shape index (κ1) is 24.4. The molecule has 2 atom stereocenters. The average Bonchev–Trinajstić information content (AvgIpc) is 2.74. The van der Waals surface area contributed by atoms with Crippen molar-refractivity contribution in [3.63, 3.8) is 0 Å². The Morgan fingerprint density at radius 2 is 1.76 bits per heavy atom. The largest absolute Gasteiger partial charge is 0.451 e. The highest BCUT2D eigenvalue weighted by atomic mass is 16.5. The minimum atomic E-state index is -1.28. The highest BCUT2D eigenvalue weighted by molar-refractivity contribution is 6.08. The van der Waals surface area contributed by atoms with Gasteiger partial charge in [0, 0.05) is 5.54 Å². The Labute approximate surface area is 171 Å². The molecule has 0 spiro atoms. The van der Waals surface area contributed by atoms with Crippen LogP contribution < -0.4 is 16.0 Å². The van der Waals surface area contributed by atoms with Gasteiger partial charge in [0.1, 0.15) is 12.1 Å². The number of carbonyl (C=O) groups is 5. The molecule has 1 aliphatic heterocycles. The summed E-state index contributed by atoms with van der Waals surface area (Å²) < 4.78 is 4.96. The molecular formula is C19H32N4O6. The van der Waals surface area contributed by atoms with Crippen LogP contribution in [-0.4, -0.2) is 58.5 Å². The van der Waals surface area contributed by atoms with Crippen LogP contribution in [0, 0.1) is 5.92 Å². The number of nitrogens with zero attached hydrogens (tertiary/aromatic N) is 1. The Hall–Kier alpha value is -2.65. The van der Waals surface area contributed by atoms with Crippen molar-refractivity contribution in [1.29, 1.82) is 0 Å². The van der Waals surface area contributed by atoms with Crippen LogP contribution in [-0.2, 0) is 19.1 Å². The number of amides is 6. The fourth-order valence-corrected chi connectivity index (χ4v) is 2.64. The topological polar surface area (TPSA) is 134 Å². The number of hydrogen-bond donors (Lipinski definition) is 3. The molecule has 10 nitrogen and oxygen atoms in total. The zero-order valence-corrected chi connectivity index (χ0v) is 18.2. The summed E-state index contributed by atoms with van der Waals surface area (Å²) in [4.78, 5) is 61.3. The summed E-state index contributed by atoms with van der Waals surface area (Å²) in [5.41, 5.74) is -1.62. The standard InChI is InChI=1S/C19H32N4O6/c1-11(2)8-9-19(7)15(26)23(17(28)22-19)10-13(24)29-12(3)14(25)20-16(27)21-18(4,5)6/h11-12H,8-10H2,1-7H3,(H,22,28)(H2,20,21,25,27)/t12-,19-/m1/s1. The average molecular weight is 412 g/mol. The van der Waals surface area contributed by atoms with Crippen molar-refractivity contribution in [3.8, 4) is 0 Å². The lowest BCUT2D eigenvalue weighted by Gasteiger charge is -2.22. The van der Waals surface area contributed by atoms with Crippen LogP contribution in [0.2, 0.25) is 0 Å². The second-order valence-electron chi connectivity index (χ2n) is 8.91. The van der Waals surface area contributed by atoms with Crippen molar-refractivity contribution < 1.29 is 28.7 Å². The van der Waals surface area contributed by atoms with E-state index in [0.717, 1.165) is 11.3 Å². The van der Waals surface area contributed by atoms with Crippen LogP contribution in [0.4, 0.5) is 9.59 Å². The van der Waals surface area contributed by atoms with E-state index in [2.05, 4.69) is 16.0 Å². The number of esters is 1. The summed E-state index contributed by atoms with van der Waals surface area (Å²) in [6.07, 6.45) is -0.0989. The maximum atomic E-state index is 12.6. The molecule has 0 aromatic rings. The van der Waals surface area contributed by atoms with Crippen LogP contribution in [0.15, 0.2) is 0 Å². The Morgan fingerprint density at radius 3 is 2.28 bits per heavy atom. The van der Waals surface area contributed by atoms with Crippen LogP contribution >= 0.6 is 0 Å². The van der Waals surface area contributed by atoms with Crippen molar-refractivity contribution in [2.45, 2.75) is 78.5 Å². The monoisotopic (exact) mass is 412 g/mol. The molecule has 0 aliphatic carbocycles. The lowest BCUT2D eigenvalue weighted by Crippen LogP contribution is -2.51. The Balaban J connectivity index is 2.61. The second-order valence-corrected chi connectivity index (χ2v) is 8.91. The smallest absolute Gasteiger partial charge is 0.327 e. The number of hydrogen-bond acceptors (Lipinski definition) is 6. The van der Waals surface area contributed by atoms with Gasteiger partial charge in [-0.25, -0.2) is 9.59 Å². The maximum Gasteiger partial charge on any atom is 0.327 e. The van der Waals surface area contributed by atoms with E-state index in [-0.39, 0.29) is 0 Å². The molecule has 0 aromatic heterocycles. The zero-order chi connectivity index (χ0) is 22.6. The molecule has 164 valence electrons. The summed E-state index contributed by atoms with van der Waals surface area (Å²) >= 11 is 0. The molecule has 0 unspecified atom stereocenters. The highest BCUT2D eigenvalue weighted by Gasteiger charge is 2.48. The van der Waals surface area contributed by atoms with Gasteiger partial charge in [-0.1, -0.05) is 13.8 Å². The first-order chi connectivity index (χ1) is 13.1. The third kappa shape index (κ3) is 7.35.